The minimum atomic E-state index is -2.58. The first-order valence-electron chi connectivity index (χ1n) is 14.4. The first-order valence-corrected chi connectivity index (χ1v) is 14.4. The van der Waals surface area contributed by atoms with Crippen molar-refractivity contribution in [2.75, 3.05) is 0 Å². The van der Waals surface area contributed by atoms with E-state index in [2.05, 4.69) is 20.8 Å². The summed E-state index contributed by atoms with van der Waals surface area (Å²) in [6.07, 6.45) is 7.72. The van der Waals surface area contributed by atoms with Crippen LogP contribution in [0.4, 0.5) is 8.78 Å². The van der Waals surface area contributed by atoms with Gasteiger partial charge in [-0.15, -0.1) is 0 Å². The Balaban J connectivity index is 1.34. The summed E-state index contributed by atoms with van der Waals surface area (Å²) in [5.74, 6) is -1.95. The molecule has 10 atom stereocenters. The molecule has 5 heteroatoms. The lowest BCUT2D eigenvalue weighted by atomic mass is 9.41. The molecule has 0 aromatic heterocycles. The van der Waals surface area contributed by atoms with Gasteiger partial charge < -0.3 is 14.9 Å². The highest BCUT2D eigenvalue weighted by Gasteiger charge is 2.84. The van der Waals surface area contributed by atoms with E-state index in [9.17, 15) is 10.2 Å². The second kappa shape index (κ2) is 6.65. The lowest BCUT2D eigenvalue weighted by Crippen LogP contribution is -2.60. The van der Waals surface area contributed by atoms with Gasteiger partial charge in [-0.1, -0.05) is 27.7 Å². The minimum Gasteiger partial charge on any atom is -0.393 e. The van der Waals surface area contributed by atoms with Gasteiger partial charge in [0.1, 0.15) is 0 Å². The molecule has 9 unspecified atom stereocenters. The summed E-state index contributed by atoms with van der Waals surface area (Å²) < 4.78 is 36.8. The van der Waals surface area contributed by atoms with Gasteiger partial charge in [-0.05, 0) is 112 Å². The number of alkyl halides is 2. The molecule has 6 fully saturated rings. The van der Waals surface area contributed by atoms with Crippen molar-refractivity contribution in [2.45, 2.75) is 142 Å². The largest absolute Gasteiger partial charge is 0.393 e. The predicted octanol–water partition coefficient (Wildman–Crippen LogP) is 6.74. The van der Waals surface area contributed by atoms with Crippen LogP contribution in [0.5, 0.6) is 0 Å². The fourth-order valence-corrected chi connectivity index (χ4v) is 12.0. The second-order valence-electron chi connectivity index (χ2n) is 15.8. The molecule has 200 valence electrons. The van der Waals surface area contributed by atoms with Gasteiger partial charge in [0.05, 0.1) is 23.4 Å². The normalized spacial score (nSPS) is 58.2. The van der Waals surface area contributed by atoms with Crippen LogP contribution in [0.3, 0.4) is 0 Å². The molecule has 1 aliphatic heterocycles. The first kappa shape index (κ1) is 25.0. The maximum Gasteiger partial charge on any atom is 0.253 e. The summed E-state index contributed by atoms with van der Waals surface area (Å²) in [7, 11) is 0. The molecule has 35 heavy (non-hydrogen) atoms. The predicted molar refractivity (Wildman–Crippen MR) is 132 cm³/mol. The van der Waals surface area contributed by atoms with Crippen molar-refractivity contribution in [3.63, 3.8) is 0 Å². The van der Waals surface area contributed by atoms with Gasteiger partial charge in [-0.25, -0.2) is 8.78 Å². The third-order valence-corrected chi connectivity index (χ3v) is 13.9. The minimum absolute atomic E-state index is 0.0207. The average molecular weight is 495 g/mol. The van der Waals surface area contributed by atoms with E-state index in [-0.39, 0.29) is 46.0 Å². The van der Waals surface area contributed by atoms with Crippen molar-refractivity contribution in [3.05, 3.63) is 0 Å². The average Bonchev–Trinajstić information content (AvgIpc) is 3.12. The van der Waals surface area contributed by atoms with Crippen LogP contribution in [-0.4, -0.2) is 39.5 Å². The quantitative estimate of drug-likeness (QED) is 0.447. The van der Waals surface area contributed by atoms with E-state index >= 15 is 8.78 Å². The summed E-state index contributed by atoms with van der Waals surface area (Å²) in [6.45, 7) is 14.3. The molecule has 0 radical (unpaired) electrons. The van der Waals surface area contributed by atoms with Gasteiger partial charge in [-0.2, -0.15) is 0 Å². The van der Waals surface area contributed by atoms with Crippen LogP contribution in [0.2, 0.25) is 0 Å². The number of ether oxygens (including phenoxy) is 1. The van der Waals surface area contributed by atoms with E-state index in [0.717, 1.165) is 51.4 Å². The molecule has 0 bridgehead atoms. The van der Waals surface area contributed by atoms with Crippen molar-refractivity contribution in [1.82, 2.24) is 0 Å². The number of aliphatic hydroxyl groups is 2. The number of rotatable bonds is 2. The second-order valence-corrected chi connectivity index (χ2v) is 15.8. The monoisotopic (exact) mass is 494 g/mol. The van der Waals surface area contributed by atoms with Crippen molar-refractivity contribution >= 4 is 0 Å². The van der Waals surface area contributed by atoms with Gasteiger partial charge in [0.25, 0.3) is 5.92 Å². The summed E-state index contributed by atoms with van der Waals surface area (Å²) in [6, 6.07) is 0. The standard InChI is InChI=1S/C30H48F2O3/c1-23(2)19-8-9-20-26(6)16-18(33)22(27(7)11-10-21(35-27)24(3,4)34)25(26,5)12-13-29(20)17-28(19,29)14-15-30(23,31)32/h18-22,33-34H,8-17H2,1-7H3/t18?,19?,20?,21?,22?,25?,26-,27?,28?,29?/m0/s1. The SMILES string of the molecule is CC(C)(O)C1CCC(C)(C2C(O)C[C@@]3(C)C4CCC5C(C)(C)C(F)(F)CCC56CC46CCC23C)O1. The van der Waals surface area contributed by atoms with Crippen molar-refractivity contribution in [1.29, 1.82) is 0 Å². The van der Waals surface area contributed by atoms with Gasteiger partial charge in [0.15, 0.2) is 0 Å². The summed E-state index contributed by atoms with van der Waals surface area (Å²) in [4.78, 5) is 0. The van der Waals surface area contributed by atoms with E-state index < -0.39 is 28.6 Å². The van der Waals surface area contributed by atoms with Crippen molar-refractivity contribution in [2.24, 2.45) is 44.8 Å². The van der Waals surface area contributed by atoms with Crippen LogP contribution in [0.15, 0.2) is 0 Å². The highest BCUT2D eigenvalue weighted by Crippen LogP contribution is 2.90. The Labute approximate surface area is 210 Å². The van der Waals surface area contributed by atoms with Crippen molar-refractivity contribution < 1.29 is 23.7 Å². The summed E-state index contributed by atoms with van der Waals surface area (Å²) in [5, 5.41) is 22.3. The molecule has 5 aliphatic carbocycles. The van der Waals surface area contributed by atoms with E-state index in [1.807, 2.05) is 27.7 Å². The van der Waals surface area contributed by atoms with Crippen LogP contribution >= 0.6 is 0 Å². The zero-order valence-corrected chi connectivity index (χ0v) is 23.0. The Morgan fingerprint density at radius 2 is 1.40 bits per heavy atom. The van der Waals surface area contributed by atoms with E-state index in [4.69, 9.17) is 4.74 Å². The van der Waals surface area contributed by atoms with Crippen LogP contribution < -0.4 is 0 Å². The van der Waals surface area contributed by atoms with E-state index in [1.54, 1.807) is 0 Å². The lowest BCUT2D eigenvalue weighted by Gasteiger charge is -2.63. The molecule has 1 heterocycles. The van der Waals surface area contributed by atoms with Crippen LogP contribution in [-0.2, 0) is 4.74 Å². The molecule has 6 aliphatic rings. The zero-order chi connectivity index (χ0) is 25.7. The molecule has 2 N–H and O–H groups in total. The molecule has 3 nitrogen and oxygen atoms in total. The molecule has 0 aromatic rings. The number of aliphatic hydroxyl groups excluding tert-OH is 1. The smallest absolute Gasteiger partial charge is 0.253 e. The maximum absolute atomic E-state index is 15.1. The van der Waals surface area contributed by atoms with Gasteiger partial charge in [0, 0.05) is 17.8 Å². The molecule has 1 saturated heterocycles. The Morgan fingerprint density at radius 3 is 2.03 bits per heavy atom. The van der Waals surface area contributed by atoms with Gasteiger partial charge in [0.2, 0.25) is 0 Å². The molecular formula is C30H48F2O3. The van der Waals surface area contributed by atoms with Gasteiger partial charge >= 0.3 is 0 Å². The van der Waals surface area contributed by atoms with Crippen LogP contribution in [0.25, 0.3) is 0 Å². The third-order valence-electron chi connectivity index (χ3n) is 13.9. The Kier molecular flexibility index (Phi) is 4.76. The lowest BCUT2D eigenvalue weighted by molar-refractivity contribution is -0.222. The maximum atomic E-state index is 15.1. The molecule has 6 rings (SSSR count). The highest BCUT2D eigenvalue weighted by atomic mass is 19.3. The van der Waals surface area contributed by atoms with Crippen LogP contribution in [0.1, 0.15) is 113 Å². The number of halogens is 2. The topological polar surface area (TPSA) is 49.7 Å². The highest BCUT2D eigenvalue weighted by molar-refractivity contribution is 5.32. The zero-order valence-electron chi connectivity index (χ0n) is 23.0. The fourth-order valence-electron chi connectivity index (χ4n) is 12.0. The Hall–Kier alpha value is -0.260. The molecular weight excluding hydrogens is 446 g/mol. The van der Waals surface area contributed by atoms with E-state index in [1.165, 1.54) is 0 Å². The third kappa shape index (κ3) is 2.72. The summed E-state index contributed by atoms with van der Waals surface area (Å²) >= 11 is 0. The fraction of sp³-hybridized carbons (Fsp3) is 1.00. The molecule has 0 amide bonds. The molecule has 5 saturated carbocycles. The first-order chi connectivity index (χ1) is 15.9. The van der Waals surface area contributed by atoms with E-state index in [0.29, 0.717) is 12.3 Å². The number of hydrogen-bond acceptors (Lipinski definition) is 3. The molecule has 2 spiro atoms. The molecule has 0 aromatic carbocycles. The summed E-state index contributed by atoms with van der Waals surface area (Å²) in [5.41, 5.74) is -2.10. The number of hydrogen-bond donors (Lipinski definition) is 2. The Morgan fingerprint density at radius 1 is 0.800 bits per heavy atom. The van der Waals surface area contributed by atoms with Crippen molar-refractivity contribution in [3.8, 4) is 0 Å². The van der Waals surface area contributed by atoms with Crippen LogP contribution in [0, 0.1) is 44.8 Å². The van der Waals surface area contributed by atoms with Gasteiger partial charge in [-0.3, -0.25) is 0 Å². The Bertz CT molecular complexity index is 927. The number of fused-ring (bicyclic) bond motifs is 2.